The van der Waals surface area contributed by atoms with E-state index in [1.807, 2.05) is 12.1 Å². The smallest absolute Gasteiger partial charge is 0.251 e. The largest absolute Gasteiger partial charge is 0.481 e. The molecule has 1 aliphatic heterocycles. The highest BCUT2D eigenvalue weighted by Gasteiger charge is 2.23. The summed E-state index contributed by atoms with van der Waals surface area (Å²) in [6.45, 7) is 0.453. The summed E-state index contributed by atoms with van der Waals surface area (Å²) in [5.41, 5.74) is 4.62. The Balaban J connectivity index is 1.59. The number of carbonyl (C=O) groups is 2. The number of ether oxygens (including phenoxy) is 1. The quantitative estimate of drug-likeness (QED) is 0.281. The van der Waals surface area contributed by atoms with E-state index >= 15 is 0 Å². The van der Waals surface area contributed by atoms with E-state index in [9.17, 15) is 18.4 Å². The number of halogens is 2. The molecule has 7 nitrogen and oxygen atoms in total. The van der Waals surface area contributed by atoms with Gasteiger partial charge in [0.05, 0.1) is 18.8 Å². The zero-order valence-corrected chi connectivity index (χ0v) is 20.8. The maximum atomic E-state index is 13.9. The van der Waals surface area contributed by atoms with Gasteiger partial charge in [0.2, 0.25) is 12.3 Å². The predicted molar refractivity (Wildman–Crippen MR) is 140 cm³/mol. The number of hydrogen-bond acceptors (Lipinski definition) is 5. The first kappa shape index (κ1) is 25.5. The van der Waals surface area contributed by atoms with Crippen LogP contribution in [0.15, 0.2) is 66.9 Å². The molecule has 2 amide bonds. The van der Waals surface area contributed by atoms with Crippen molar-refractivity contribution >= 4 is 12.3 Å². The second-order valence-electron chi connectivity index (χ2n) is 8.84. The van der Waals surface area contributed by atoms with Crippen LogP contribution >= 0.6 is 0 Å². The summed E-state index contributed by atoms with van der Waals surface area (Å²) in [6.07, 6.45) is 2.16. The Bertz CT molecular complexity index is 1610. The van der Waals surface area contributed by atoms with Gasteiger partial charge >= 0.3 is 0 Å². The summed E-state index contributed by atoms with van der Waals surface area (Å²) in [4.78, 5) is 32.8. The maximum absolute atomic E-state index is 13.9. The predicted octanol–water partition coefficient (Wildman–Crippen LogP) is 4.10. The molecule has 0 aliphatic carbocycles. The number of fused-ring (bicyclic) bond motifs is 1. The zero-order valence-electron chi connectivity index (χ0n) is 20.8. The fourth-order valence-electron chi connectivity index (χ4n) is 4.43. The number of carbonyl (C=O) groups excluding carboxylic acids is 2. The van der Waals surface area contributed by atoms with E-state index in [1.54, 1.807) is 36.5 Å². The fourth-order valence-corrected chi connectivity index (χ4v) is 4.43. The minimum atomic E-state index is -0.745. The topological polar surface area (TPSA) is 93.2 Å². The van der Waals surface area contributed by atoms with E-state index < -0.39 is 17.7 Å². The zero-order chi connectivity index (χ0) is 27.4. The molecule has 2 N–H and O–H groups in total. The molecule has 0 saturated carbocycles. The van der Waals surface area contributed by atoms with Crippen molar-refractivity contribution < 1.29 is 23.1 Å². The lowest BCUT2D eigenvalue weighted by Gasteiger charge is -2.20. The van der Waals surface area contributed by atoms with Crippen LogP contribution in [-0.2, 0) is 17.8 Å². The molecule has 4 aromatic rings. The van der Waals surface area contributed by atoms with E-state index in [0.717, 1.165) is 11.6 Å². The van der Waals surface area contributed by atoms with Gasteiger partial charge in [-0.25, -0.2) is 18.7 Å². The summed E-state index contributed by atoms with van der Waals surface area (Å²) in [7, 11) is 1.52. The van der Waals surface area contributed by atoms with Crippen LogP contribution in [0.3, 0.4) is 0 Å². The Hall–Kier alpha value is -5.10. The number of hydrogen-bond donors (Lipinski definition) is 2. The SMILES string of the molecule is COc1ccc(C#Cc2ccc(-c3ccc4c(c3)C(=O)NC4)c(C(Cc3cc(F)cc(F)c3)NC=O)n2)cn1. The summed E-state index contributed by atoms with van der Waals surface area (Å²) in [5, 5.41) is 5.53. The maximum Gasteiger partial charge on any atom is 0.251 e. The summed E-state index contributed by atoms with van der Waals surface area (Å²) in [5.74, 6) is 4.85. The normalized spacial score (nSPS) is 12.5. The first-order valence-corrected chi connectivity index (χ1v) is 12.0. The van der Waals surface area contributed by atoms with E-state index in [0.29, 0.717) is 58.0 Å². The lowest BCUT2D eigenvalue weighted by atomic mass is 9.93. The standard InChI is InChI=1S/C30H22F2N4O3/c1-39-28-9-3-18(15-33-28)2-6-24-7-8-25(20-4-5-21-16-34-30(38)26(21)13-20)29(36-24)27(35-17-37)12-19-10-22(31)14-23(32)11-19/h3-5,7-11,13-15,17,27H,12,16H2,1H3,(H,34,38)(H,35,37). The third-order valence-corrected chi connectivity index (χ3v) is 6.27. The van der Waals surface area contributed by atoms with Gasteiger partial charge in [0.15, 0.2) is 0 Å². The number of nitrogens with zero attached hydrogens (tertiary/aromatic N) is 2. The molecule has 2 aromatic carbocycles. The number of pyridine rings is 2. The van der Waals surface area contributed by atoms with Crippen LogP contribution in [0.25, 0.3) is 11.1 Å². The highest BCUT2D eigenvalue weighted by molar-refractivity contribution is 5.99. The lowest BCUT2D eigenvalue weighted by Crippen LogP contribution is -2.24. The first-order valence-electron chi connectivity index (χ1n) is 12.0. The van der Waals surface area contributed by atoms with Crippen LogP contribution in [-0.4, -0.2) is 29.4 Å². The minimum Gasteiger partial charge on any atom is -0.481 e. The second kappa shape index (κ2) is 11.1. The van der Waals surface area contributed by atoms with Crippen molar-refractivity contribution in [3.05, 3.63) is 112 Å². The molecular formula is C30H22F2N4O3. The number of methoxy groups -OCH3 is 1. The molecule has 0 bridgehead atoms. The average molecular weight is 525 g/mol. The molecule has 2 aromatic heterocycles. The number of nitrogens with one attached hydrogen (secondary N) is 2. The van der Waals surface area contributed by atoms with Crippen molar-refractivity contribution in [3.8, 4) is 28.8 Å². The van der Waals surface area contributed by atoms with Crippen LogP contribution in [0.1, 0.15) is 44.5 Å². The van der Waals surface area contributed by atoms with E-state index in [4.69, 9.17) is 9.72 Å². The van der Waals surface area contributed by atoms with Crippen molar-refractivity contribution in [1.82, 2.24) is 20.6 Å². The molecule has 39 heavy (non-hydrogen) atoms. The molecule has 9 heteroatoms. The number of aromatic nitrogens is 2. The molecule has 0 radical (unpaired) electrons. The summed E-state index contributed by atoms with van der Waals surface area (Å²) < 4.78 is 32.9. The van der Waals surface area contributed by atoms with Crippen molar-refractivity contribution in [2.45, 2.75) is 19.0 Å². The van der Waals surface area contributed by atoms with Crippen LogP contribution in [0.4, 0.5) is 8.78 Å². The Morgan fingerprint density at radius 3 is 2.59 bits per heavy atom. The molecule has 0 spiro atoms. The van der Waals surface area contributed by atoms with Crippen molar-refractivity contribution in [2.24, 2.45) is 0 Å². The van der Waals surface area contributed by atoms with Crippen LogP contribution < -0.4 is 15.4 Å². The highest BCUT2D eigenvalue weighted by atomic mass is 19.1. The van der Waals surface area contributed by atoms with Gasteiger partial charge in [-0.05, 0) is 65.4 Å². The van der Waals surface area contributed by atoms with Gasteiger partial charge in [-0.3, -0.25) is 9.59 Å². The van der Waals surface area contributed by atoms with Gasteiger partial charge in [0, 0.05) is 41.6 Å². The third-order valence-electron chi connectivity index (χ3n) is 6.27. The van der Waals surface area contributed by atoms with Crippen molar-refractivity contribution in [3.63, 3.8) is 0 Å². The molecule has 0 saturated heterocycles. The molecule has 3 heterocycles. The van der Waals surface area contributed by atoms with Crippen molar-refractivity contribution in [2.75, 3.05) is 7.11 Å². The second-order valence-corrected chi connectivity index (χ2v) is 8.84. The van der Waals surface area contributed by atoms with Crippen LogP contribution in [0.5, 0.6) is 5.88 Å². The third kappa shape index (κ3) is 5.75. The summed E-state index contributed by atoms with van der Waals surface area (Å²) >= 11 is 0. The van der Waals surface area contributed by atoms with E-state index in [-0.39, 0.29) is 12.3 Å². The molecule has 5 rings (SSSR count). The van der Waals surface area contributed by atoms with E-state index in [1.165, 1.54) is 19.2 Å². The Morgan fingerprint density at radius 2 is 1.87 bits per heavy atom. The van der Waals surface area contributed by atoms with Gasteiger partial charge < -0.3 is 15.4 Å². The van der Waals surface area contributed by atoms with E-state index in [2.05, 4.69) is 27.5 Å². The molecule has 194 valence electrons. The Kier molecular flexibility index (Phi) is 7.28. The molecule has 1 aliphatic rings. The van der Waals surface area contributed by atoms with Gasteiger partial charge in [-0.15, -0.1) is 0 Å². The molecule has 1 unspecified atom stereocenters. The van der Waals surface area contributed by atoms with Crippen molar-refractivity contribution in [1.29, 1.82) is 0 Å². The monoisotopic (exact) mass is 524 g/mol. The van der Waals surface area contributed by atoms with Crippen LogP contribution in [0.2, 0.25) is 0 Å². The number of amides is 2. The minimum absolute atomic E-state index is 0.0676. The highest BCUT2D eigenvalue weighted by Crippen LogP contribution is 2.32. The Morgan fingerprint density at radius 1 is 1.05 bits per heavy atom. The van der Waals surface area contributed by atoms with Crippen LogP contribution in [0, 0.1) is 23.5 Å². The first-order chi connectivity index (χ1) is 18.9. The number of benzene rings is 2. The van der Waals surface area contributed by atoms with Gasteiger partial charge in [-0.2, -0.15) is 0 Å². The molecule has 1 atom stereocenters. The van der Waals surface area contributed by atoms with Gasteiger partial charge in [-0.1, -0.05) is 18.1 Å². The Labute approximate surface area is 223 Å². The average Bonchev–Trinajstić information content (AvgIpc) is 3.31. The number of rotatable bonds is 7. The van der Waals surface area contributed by atoms with Gasteiger partial charge in [0.1, 0.15) is 17.3 Å². The molecule has 0 fully saturated rings. The van der Waals surface area contributed by atoms with Gasteiger partial charge in [0.25, 0.3) is 5.91 Å². The lowest BCUT2D eigenvalue weighted by molar-refractivity contribution is -0.110. The summed E-state index contributed by atoms with van der Waals surface area (Å²) in [6, 6.07) is 15.0. The molecular weight excluding hydrogens is 502 g/mol. The fraction of sp³-hybridized carbons (Fsp3) is 0.133.